The number of nitrogens with zero attached hydrogens (tertiary/aromatic N) is 1. The first-order valence-corrected chi connectivity index (χ1v) is 9.63. The molecule has 5 rings (SSSR count). The number of carbonyl (C=O) groups excluding carboxylic acids is 3. The summed E-state index contributed by atoms with van der Waals surface area (Å²) in [6.07, 6.45) is 5.19. The van der Waals surface area contributed by atoms with Gasteiger partial charge in [0.25, 0.3) is 5.91 Å². The number of cyclic esters (lactones) is 1. The van der Waals surface area contributed by atoms with Gasteiger partial charge in [0.2, 0.25) is 0 Å². The number of para-hydroxylation sites is 1. The first-order valence-electron chi connectivity index (χ1n) is 9.63. The summed E-state index contributed by atoms with van der Waals surface area (Å²) in [7, 11) is 1.36. The van der Waals surface area contributed by atoms with Gasteiger partial charge in [0.15, 0.2) is 6.61 Å². The van der Waals surface area contributed by atoms with Crippen molar-refractivity contribution in [1.82, 2.24) is 9.88 Å². The van der Waals surface area contributed by atoms with E-state index in [0.717, 1.165) is 27.7 Å². The lowest BCUT2D eigenvalue weighted by molar-refractivity contribution is -0.171. The normalized spacial score (nSPS) is 23.7. The maximum atomic E-state index is 12.8. The molecule has 29 heavy (non-hydrogen) atoms. The average Bonchev–Trinajstić information content (AvgIpc) is 3.13. The topological polar surface area (TPSA) is 88.7 Å². The van der Waals surface area contributed by atoms with Crippen molar-refractivity contribution < 1.29 is 23.9 Å². The van der Waals surface area contributed by atoms with Gasteiger partial charge in [-0.25, -0.2) is 9.59 Å². The molecule has 1 N–H and O–H groups in total. The number of nitrogens with one attached hydrogen (secondary N) is 1. The van der Waals surface area contributed by atoms with Crippen LogP contribution in [0, 0.1) is 0 Å². The van der Waals surface area contributed by atoms with E-state index in [9.17, 15) is 14.4 Å². The van der Waals surface area contributed by atoms with Gasteiger partial charge in [-0.05, 0) is 30.0 Å². The van der Waals surface area contributed by atoms with E-state index in [2.05, 4.69) is 4.98 Å². The highest BCUT2D eigenvalue weighted by atomic mass is 16.5. The monoisotopic (exact) mass is 392 g/mol. The quantitative estimate of drug-likeness (QED) is 0.793. The summed E-state index contributed by atoms with van der Waals surface area (Å²) < 4.78 is 9.94. The zero-order valence-electron chi connectivity index (χ0n) is 15.9. The Balaban J connectivity index is 1.67. The molecule has 7 nitrogen and oxygen atoms in total. The molecule has 3 aliphatic rings. The second-order valence-corrected chi connectivity index (χ2v) is 7.52. The van der Waals surface area contributed by atoms with Gasteiger partial charge < -0.3 is 19.4 Å². The third kappa shape index (κ3) is 2.68. The number of amides is 1. The molecule has 148 valence electrons. The number of allylic oxidation sites excluding steroid dienone is 2. The van der Waals surface area contributed by atoms with Crippen molar-refractivity contribution in [3.8, 4) is 0 Å². The molecule has 7 heteroatoms. The number of hydrogen-bond donors (Lipinski definition) is 1. The molecule has 1 saturated heterocycles. The van der Waals surface area contributed by atoms with E-state index < -0.39 is 6.04 Å². The average molecular weight is 392 g/mol. The molecule has 0 radical (unpaired) electrons. The number of carbonyl (C=O) groups is 3. The Kier molecular flexibility index (Phi) is 4.04. The van der Waals surface area contributed by atoms with Crippen LogP contribution in [-0.4, -0.2) is 47.5 Å². The lowest BCUT2D eigenvalue weighted by Gasteiger charge is -2.44. The fourth-order valence-electron chi connectivity index (χ4n) is 4.65. The Hall–Kier alpha value is -3.35. The fourth-order valence-corrected chi connectivity index (χ4v) is 4.65. The van der Waals surface area contributed by atoms with E-state index in [1.165, 1.54) is 7.11 Å². The van der Waals surface area contributed by atoms with Crippen LogP contribution in [0.4, 0.5) is 0 Å². The highest BCUT2D eigenvalue weighted by Crippen LogP contribution is 2.44. The standard InChI is InChI=1S/C22H20N2O5/c1-28-21(26)13-8-6-12(7-9-13)20-19-15(14-4-2-3-5-16(14)23-19)10-17-22(27)29-11-18(25)24(17)20/h2-6,8,17,20,23H,7,9-11H2,1H3/t17-,20-/m0/s1. The minimum absolute atomic E-state index is 0.201. The van der Waals surface area contributed by atoms with Crippen LogP contribution in [0.15, 0.2) is 47.6 Å². The van der Waals surface area contributed by atoms with Gasteiger partial charge in [0.1, 0.15) is 6.04 Å². The zero-order valence-corrected chi connectivity index (χ0v) is 15.9. The number of esters is 2. The number of benzene rings is 1. The van der Waals surface area contributed by atoms with Gasteiger partial charge in [-0.3, -0.25) is 4.79 Å². The lowest BCUT2D eigenvalue weighted by Crippen LogP contribution is -2.57. The summed E-state index contributed by atoms with van der Waals surface area (Å²) in [5.41, 5.74) is 4.54. The van der Waals surface area contributed by atoms with Crippen LogP contribution >= 0.6 is 0 Å². The maximum Gasteiger partial charge on any atom is 0.333 e. The Bertz CT molecular complexity index is 1110. The van der Waals surface area contributed by atoms with E-state index in [0.29, 0.717) is 24.8 Å². The van der Waals surface area contributed by atoms with Crippen LogP contribution in [0.3, 0.4) is 0 Å². The van der Waals surface area contributed by atoms with Crippen molar-refractivity contribution >= 4 is 28.7 Å². The molecule has 1 aromatic carbocycles. The van der Waals surface area contributed by atoms with Gasteiger partial charge in [-0.15, -0.1) is 0 Å². The van der Waals surface area contributed by atoms with E-state index in [1.807, 2.05) is 30.3 Å². The van der Waals surface area contributed by atoms with Crippen molar-refractivity contribution in [2.24, 2.45) is 0 Å². The van der Waals surface area contributed by atoms with Gasteiger partial charge in [0, 0.05) is 28.6 Å². The van der Waals surface area contributed by atoms with Crippen LogP contribution < -0.4 is 0 Å². The third-order valence-electron chi connectivity index (χ3n) is 6.01. The molecule has 0 saturated carbocycles. The first kappa shape index (κ1) is 17.7. The number of ether oxygens (including phenoxy) is 2. The van der Waals surface area contributed by atoms with E-state index in [1.54, 1.807) is 11.0 Å². The Labute approximate surface area is 167 Å². The molecular formula is C22H20N2O5. The summed E-state index contributed by atoms with van der Waals surface area (Å²) in [6, 6.07) is 6.92. The molecule has 0 unspecified atom stereocenters. The first-order chi connectivity index (χ1) is 14.1. The maximum absolute atomic E-state index is 12.8. The Morgan fingerprint density at radius 1 is 1.21 bits per heavy atom. The second-order valence-electron chi connectivity index (χ2n) is 7.52. The smallest absolute Gasteiger partial charge is 0.333 e. The molecule has 2 atom stereocenters. The van der Waals surface area contributed by atoms with Crippen LogP contribution in [0.1, 0.15) is 30.1 Å². The number of morpholine rings is 1. The SMILES string of the molecule is COC(=O)C1=CC=C([C@H]2c3[nH]c4ccccc4c3C[C@H]3C(=O)OCC(=O)N32)CC1. The van der Waals surface area contributed by atoms with E-state index >= 15 is 0 Å². The van der Waals surface area contributed by atoms with Crippen LogP contribution in [0.2, 0.25) is 0 Å². The minimum Gasteiger partial charge on any atom is -0.466 e. The van der Waals surface area contributed by atoms with Crippen LogP contribution in [0.25, 0.3) is 10.9 Å². The number of aromatic nitrogens is 1. The molecular weight excluding hydrogens is 372 g/mol. The molecule has 2 aliphatic heterocycles. The number of rotatable bonds is 2. The fraction of sp³-hybridized carbons (Fsp3) is 0.318. The van der Waals surface area contributed by atoms with Crippen molar-refractivity contribution in [1.29, 1.82) is 0 Å². The summed E-state index contributed by atoms with van der Waals surface area (Å²) in [4.78, 5) is 42.3. The lowest BCUT2D eigenvalue weighted by atomic mass is 9.83. The van der Waals surface area contributed by atoms with Gasteiger partial charge in [0.05, 0.1) is 13.2 Å². The molecule has 1 aliphatic carbocycles. The Morgan fingerprint density at radius 2 is 2.03 bits per heavy atom. The van der Waals surface area contributed by atoms with Crippen LogP contribution in [0.5, 0.6) is 0 Å². The van der Waals surface area contributed by atoms with Crippen molar-refractivity contribution in [2.75, 3.05) is 13.7 Å². The zero-order chi connectivity index (χ0) is 20.1. The van der Waals surface area contributed by atoms with Crippen molar-refractivity contribution in [3.63, 3.8) is 0 Å². The Morgan fingerprint density at radius 3 is 2.79 bits per heavy atom. The van der Waals surface area contributed by atoms with Crippen molar-refractivity contribution in [2.45, 2.75) is 31.3 Å². The molecule has 0 bridgehead atoms. The summed E-state index contributed by atoms with van der Waals surface area (Å²) in [5.74, 6) is -0.911. The van der Waals surface area contributed by atoms with E-state index in [4.69, 9.17) is 9.47 Å². The number of methoxy groups -OCH3 is 1. The predicted octanol–water partition coefficient (Wildman–Crippen LogP) is 2.34. The van der Waals surface area contributed by atoms with Crippen LogP contribution in [-0.2, 0) is 30.3 Å². The molecule has 3 heterocycles. The van der Waals surface area contributed by atoms with Gasteiger partial charge in [-0.1, -0.05) is 30.4 Å². The molecule has 1 aromatic heterocycles. The number of aromatic amines is 1. The number of fused-ring (bicyclic) bond motifs is 4. The summed E-state index contributed by atoms with van der Waals surface area (Å²) in [6.45, 7) is -0.238. The second kappa shape index (κ2) is 6.62. The minimum atomic E-state index is -0.639. The largest absolute Gasteiger partial charge is 0.466 e. The predicted molar refractivity (Wildman–Crippen MR) is 104 cm³/mol. The third-order valence-corrected chi connectivity index (χ3v) is 6.01. The van der Waals surface area contributed by atoms with E-state index in [-0.39, 0.29) is 30.5 Å². The number of hydrogen-bond acceptors (Lipinski definition) is 5. The molecule has 0 spiro atoms. The molecule has 1 fully saturated rings. The molecule has 2 aromatic rings. The van der Waals surface area contributed by atoms with Gasteiger partial charge >= 0.3 is 11.9 Å². The molecule has 1 amide bonds. The summed E-state index contributed by atoms with van der Waals surface area (Å²) >= 11 is 0. The number of H-pyrrole nitrogens is 1. The van der Waals surface area contributed by atoms with Crippen molar-refractivity contribution in [3.05, 3.63) is 58.8 Å². The van der Waals surface area contributed by atoms with Gasteiger partial charge in [-0.2, -0.15) is 0 Å². The highest BCUT2D eigenvalue weighted by Gasteiger charge is 2.47. The highest BCUT2D eigenvalue weighted by molar-refractivity contribution is 5.94. The summed E-state index contributed by atoms with van der Waals surface area (Å²) in [5, 5.41) is 1.06.